The molecule has 1 aliphatic rings. The van der Waals surface area contributed by atoms with E-state index in [0.717, 1.165) is 22.4 Å². The summed E-state index contributed by atoms with van der Waals surface area (Å²) in [6, 6.07) is 1.94. The fourth-order valence-electron chi connectivity index (χ4n) is 2.36. The van der Waals surface area contributed by atoms with Gasteiger partial charge >= 0.3 is 0 Å². The highest BCUT2D eigenvalue weighted by Gasteiger charge is 2.30. The van der Waals surface area contributed by atoms with Gasteiger partial charge in [0.1, 0.15) is 0 Å². The van der Waals surface area contributed by atoms with Gasteiger partial charge in [-0.15, -0.1) is 0 Å². The van der Waals surface area contributed by atoms with Gasteiger partial charge in [-0.3, -0.25) is 0 Å². The van der Waals surface area contributed by atoms with Gasteiger partial charge in [-0.05, 0) is 37.0 Å². The van der Waals surface area contributed by atoms with Crippen molar-refractivity contribution >= 4 is 24.4 Å². The maximum atomic E-state index is 4.56. The van der Waals surface area contributed by atoms with Crippen LogP contribution in [0.2, 0.25) is 0 Å². The Morgan fingerprint density at radius 2 is 2.12 bits per heavy atom. The fourth-order valence-corrected chi connectivity index (χ4v) is 4.11. The first-order chi connectivity index (χ1) is 8.24. The summed E-state index contributed by atoms with van der Waals surface area (Å²) in [5.41, 5.74) is 1.46. The highest BCUT2D eigenvalue weighted by atomic mass is 32.2. The van der Waals surface area contributed by atoms with Crippen LogP contribution < -0.4 is 0 Å². The summed E-state index contributed by atoms with van der Waals surface area (Å²) in [7, 11) is 0. The quantitative estimate of drug-likeness (QED) is 0.511. The molecule has 0 bridgehead atoms. The summed E-state index contributed by atoms with van der Waals surface area (Å²) in [6.45, 7) is 2.01. The SMILES string of the molecule is Cc1ccnc(SCC2(CS)CCCCC2)n1. The predicted molar refractivity (Wildman–Crippen MR) is 76.9 cm³/mol. The van der Waals surface area contributed by atoms with Crippen LogP contribution in [0.1, 0.15) is 37.8 Å². The Balaban J connectivity index is 1.95. The molecule has 1 aromatic rings. The molecule has 0 amide bonds. The third kappa shape index (κ3) is 3.62. The Labute approximate surface area is 113 Å². The van der Waals surface area contributed by atoms with Gasteiger partial charge in [0.2, 0.25) is 0 Å². The number of hydrogen-bond donors (Lipinski definition) is 1. The Hall–Kier alpha value is -0.220. The van der Waals surface area contributed by atoms with Gasteiger partial charge in [-0.25, -0.2) is 9.97 Å². The van der Waals surface area contributed by atoms with Gasteiger partial charge in [0.25, 0.3) is 0 Å². The summed E-state index contributed by atoms with van der Waals surface area (Å²) in [5.74, 6) is 2.10. The van der Waals surface area contributed by atoms with Gasteiger partial charge in [-0.1, -0.05) is 31.0 Å². The molecule has 0 saturated heterocycles. The van der Waals surface area contributed by atoms with Gasteiger partial charge in [0.05, 0.1) is 0 Å². The average Bonchev–Trinajstić information content (AvgIpc) is 2.38. The van der Waals surface area contributed by atoms with Crippen LogP contribution in [0.3, 0.4) is 0 Å². The number of nitrogens with zero attached hydrogens (tertiary/aromatic N) is 2. The van der Waals surface area contributed by atoms with Gasteiger partial charge < -0.3 is 0 Å². The lowest BCUT2D eigenvalue weighted by Gasteiger charge is -2.35. The predicted octanol–water partition coefficient (Wildman–Crippen LogP) is 3.76. The molecule has 0 atom stereocenters. The zero-order valence-corrected chi connectivity index (χ0v) is 12.1. The second-order valence-electron chi connectivity index (χ2n) is 4.99. The summed E-state index contributed by atoms with van der Waals surface area (Å²) >= 11 is 6.36. The molecule has 0 spiro atoms. The van der Waals surface area contributed by atoms with Crippen molar-refractivity contribution in [1.82, 2.24) is 9.97 Å². The lowest BCUT2D eigenvalue weighted by molar-refractivity contribution is 0.258. The molecule has 2 rings (SSSR count). The number of thiol groups is 1. The van der Waals surface area contributed by atoms with Crippen molar-refractivity contribution in [3.05, 3.63) is 18.0 Å². The Bertz CT molecular complexity index is 362. The molecule has 2 nitrogen and oxygen atoms in total. The Kier molecular flexibility index (Phi) is 4.74. The number of aromatic nitrogens is 2. The van der Waals surface area contributed by atoms with Crippen LogP contribution in [0.25, 0.3) is 0 Å². The average molecular weight is 268 g/mol. The maximum absolute atomic E-state index is 4.56. The monoisotopic (exact) mass is 268 g/mol. The molecular formula is C13H20N2S2. The van der Waals surface area contributed by atoms with Crippen LogP contribution in [0.4, 0.5) is 0 Å². The largest absolute Gasteiger partial charge is 0.231 e. The fraction of sp³-hybridized carbons (Fsp3) is 0.692. The van der Waals surface area contributed by atoms with E-state index < -0.39 is 0 Å². The molecule has 1 saturated carbocycles. The van der Waals surface area contributed by atoms with E-state index in [1.807, 2.05) is 19.2 Å². The van der Waals surface area contributed by atoms with Crippen molar-refractivity contribution in [3.8, 4) is 0 Å². The molecule has 94 valence electrons. The number of aryl methyl sites for hydroxylation is 1. The van der Waals surface area contributed by atoms with E-state index in [1.54, 1.807) is 11.8 Å². The third-order valence-electron chi connectivity index (χ3n) is 3.53. The first-order valence-corrected chi connectivity index (χ1v) is 7.89. The van der Waals surface area contributed by atoms with Crippen molar-refractivity contribution in [2.24, 2.45) is 5.41 Å². The van der Waals surface area contributed by atoms with E-state index in [-0.39, 0.29) is 0 Å². The standard InChI is InChI=1S/C13H20N2S2/c1-11-5-8-14-12(15-11)17-10-13(9-16)6-3-2-4-7-13/h5,8,16H,2-4,6-7,9-10H2,1H3. The molecular weight excluding hydrogens is 248 g/mol. The topological polar surface area (TPSA) is 25.8 Å². The minimum Gasteiger partial charge on any atom is -0.231 e. The van der Waals surface area contributed by atoms with Crippen LogP contribution >= 0.6 is 24.4 Å². The smallest absolute Gasteiger partial charge is 0.187 e. The molecule has 0 aromatic carbocycles. The lowest BCUT2D eigenvalue weighted by Crippen LogP contribution is -2.28. The number of thioether (sulfide) groups is 1. The van der Waals surface area contributed by atoms with Crippen molar-refractivity contribution in [2.45, 2.75) is 44.2 Å². The van der Waals surface area contributed by atoms with Crippen LogP contribution in [-0.2, 0) is 0 Å². The van der Waals surface area contributed by atoms with E-state index in [0.29, 0.717) is 5.41 Å². The maximum Gasteiger partial charge on any atom is 0.187 e. The second-order valence-corrected chi connectivity index (χ2v) is 6.25. The van der Waals surface area contributed by atoms with E-state index in [9.17, 15) is 0 Å². The van der Waals surface area contributed by atoms with Crippen LogP contribution in [-0.4, -0.2) is 21.5 Å². The Morgan fingerprint density at radius 3 is 2.76 bits per heavy atom. The molecule has 1 aliphatic carbocycles. The molecule has 0 N–H and O–H groups in total. The van der Waals surface area contributed by atoms with Crippen LogP contribution in [0.15, 0.2) is 17.4 Å². The van der Waals surface area contributed by atoms with Gasteiger partial charge in [0, 0.05) is 17.6 Å². The Morgan fingerprint density at radius 1 is 1.35 bits per heavy atom. The molecule has 0 unspecified atom stereocenters. The summed E-state index contributed by atoms with van der Waals surface area (Å²) in [4.78, 5) is 8.77. The molecule has 1 fully saturated rings. The van der Waals surface area contributed by atoms with Crippen LogP contribution in [0, 0.1) is 12.3 Å². The highest BCUT2D eigenvalue weighted by Crippen LogP contribution is 2.40. The van der Waals surface area contributed by atoms with E-state index >= 15 is 0 Å². The second kappa shape index (κ2) is 6.10. The normalized spacial score (nSPS) is 19.2. The minimum atomic E-state index is 0.416. The molecule has 1 heterocycles. The molecule has 0 radical (unpaired) electrons. The van der Waals surface area contributed by atoms with Crippen LogP contribution in [0.5, 0.6) is 0 Å². The zero-order valence-electron chi connectivity index (χ0n) is 10.4. The van der Waals surface area contributed by atoms with Crippen molar-refractivity contribution < 1.29 is 0 Å². The molecule has 0 aliphatic heterocycles. The lowest BCUT2D eigenvalue weighted by atomic mass is 9.77. The molecule has 4 heteroatoms. The third-order valence-corrected chi connectivity index (χ3v) is 5.41. The van der Waals surface area contributed by atoms with Crippen molar-refractivity contribution in [3.63, 3.8) is 0 Å². The van der Waals surface area contributed by atoms with Gasteiger partial charge in [0.15, 0.2) is 5.16 Å². The summed E-state index contributed by atoms with van der Waals surface area (Å²) in [5, 5.41) is 0.914. The first kappa shape index (κ1) is 13.2. The number of hydrogen-bond acceptors (Lipinski definition) is 4. The number of rotatable bonds is 4. The molecule has 17 heavy (non-hydrogen) atoms. The molecule has 1 aromatic heterocycles. The first-order valence-electron chi connectivity index (χ1n) is 6.27. The van der Waals surface area contributed by atoms with Crippen molar-refractivity contribution in [1.29, 1.82) is 0 Å². The van der Waals surface area contributed by atoms with Gasteiger partial charge in [-0.2, -0.15) is 12.6 Å². The van der Waals surface area contributed by atoms with E-state index in [1.165, 1.54) is 32.1 Å². The zero-order chi connectivity index (χ0) is 12.1. The van der Waals surface area contributed by atoms with Crippen molar-refractivity contribution in [2.75, 3.05) is 11.5 Å². The highest BCUT2D eigenvalue weighted by molar-refractivity contribution is 7.99. The summed E-state index contributed by atoms with van der Waals surface area (Å²) < 4.78 is 0. The summed E-state index contributed by atoms with van der Waals surface area (Å²) in [6.07, 6.45) is 8.58. The van der Waals surface area contributed by atoms with E-state index in [2.05, 4.69) is 22.6 Å². The minimum absolute atomic E-state index is 0.416. The van der Waals surface area contributed by atoms with E-state index in [4.69, 9.17) is 0 Å².